The number of nitrogens with zero attached hydrogens (tertiary/aromatic N) is 1. The number of hydrogen-bond acceptors (Lipinski definition) is 2. The van der Waals surface area contributed by atoms with Crippen molar-refractivity contribution >= 4 is 17.9 Å². The van der Waals surface area contributed by atoms with Crippen molar-refractivity contribution < 1.29 is 18.0 Å². The largest absolute Gasteiger partial charge is 0.433 e. The van der Waals surface area contributed by atoms with Crippen LogP contribution in [0.4, 0.5) is 13.2 Å². The van der Waals surface area contributed by atoms with Crippen molar-refractivity contribution in [2.24, 2.45) is 0 Å². The van der Waals surface area contributed by atoms with Gasteiger partial charge in [0, 0.05) is 12.1 Å². The maximum Gasteiger partial charge on any atom is 0.433 e. The molecule has 0 fully saturated rings. The van der Waals surface area contributed by atoms with Crippen LogP contribution in [-0.2, 0) is 11.0 Å². The van der Waals surface area contributed by atoms with Crippen LogP contribution in [0, 0.1) is 0 Å². The number of carbonyl (C=O) groups is 1. The van der Waals surface area contributed by atoms with Crippen molar-refractivity contribution in [2.45, 2.75) is 25.4 Å². The molecule has 0 saturated carbocycles. The first-order valence-electron chi connectivity index (χ1n) is 4.58. The van der Waals surface area contributed by atoms with E-state index >= 15 is 0 Å². The molecule has 1 heterocycles. The highest BCUT2D eigenvalue weighted by atomic mass is 35.5. The van der Waals surface area contributed by atoms with Gasteiger partial charge in [-0.2, -0.15) is 13.2 Å². The van der Waals surface area contributed by atoms with Crippen molar-refractivity contribution in [3.8, 4) is 0 Å². The van der Waals surface area contributed by atoms with E-state index < -0.39 is 17.8 Å². The second-order valence-corrected chi connectivity index (χ2v) is 3.65. The fourth-order valence-corrected chi connectivity index (χ4v) is 1.53. The number of pyridine rings is 1. The van der Waals surface area contributed by atoms with E-state index in [0.29, 0.717) is 12.7 Å². The molecule has 0 aromatic carbocycles. The van der Waals surface area contributed by atoms with Crippen molar-refractivity contribution in [2.75, 3.05) is 0 Å². The molecule has 0 bridgehead atoms. The Morgan fingerprint density at radius 1 is 1.56 bits per heavy atom. The summed E-state index contributed by atoms with van der Waals surface area (Å²) in [6.07, 6.45) is -2.63. The third-order valence-electron chi connectivity index (χ3n) is 2.18. The normalized spacial score (nSPS) is 13.6. The van der Waals surface area contributed by atoms with Gasteiger partial charge in [-0.15, -0.1) is 0 Å². The van der Waals surface area contributed by atoms with Crippen molar-refractivity contribution in [3.63, 3.8) is 0 Å². The smallest absolute Gasteiger partial charge is 0.303 e. The topological polar surface area (TPSA) is 30.0 Å². The van der Waals surface area contributed by atoms with Crippen LogP contribution in [0.3, 0.4) is 0 Å². The fourth-order valence-electron chi connectivity index (χ4n) is 1.28. The molecule has 0 N–H and O–H groups in total. The van der Waals surface area contributed by atoms with Gasteiger partial charge in [-0.3, -0.25) is 4.98 Å². The van der Waals surface area contributed by atoms with Crippen LogP contribution in [-0.4, -0.2) is 11.3 Å². The summed E-state index contributed by atoms with van der Waals surface area (Å²) in [7, 11) is 0. The van der Waals surface area contributed by atoms with E-state index in [0.717, 1.165) is 12.3 Å². The molecular formula is C10H9ClF3NO. The van der Waals surface area contributed by atoms with Crippen LogP contribution in [0.1, 0.15) is 30.5 Å². The van der Waals surface area contributed by atoms with Gasteiger partial charge in [0.2, 0.25) is 0 Å². The standard InChI is InChI=1S/C10H9ClF3NO/c1-2-6(5-16)7-3-9(10(12,13)14)15-4-8(7)11/h3-6H,2H2,1H3. The number of hydrogen-bond donors (Lipinski definition) is 0. The SMILES string of the molecule is CCC(C=O)c1cc(C(F)(F)F)ncc1Cl. The molecule has 0 spiro atoms. The van der Waals surface area contributed by atoms with E-state index in [9.17, 15) is 18.0 Å². The summed E-state index contributed by atoms with van der Waals surface area (Å²) < 4.78 is 37.1. The number of alkyl halides is 3. The van der Waals surface area contributed by atoms with Gasteiger partial charge in [-0.05, 0) is 18.1 Å². The van der Waals surface area contributed by atoms with Crippen LogP contribution < -0.4 is 0 Å². The molecule has 2 nitrogen and oxygen atoms in total. The second-order valence-electron chi connectivity index (χ2n) is 3.24. The molecule has 0 amide bonds. The molecular weight excluding hydrogens is 243 g/mol. The lowest BCUT2D eigenvalue weighted by molar-refractivity contribution is -0.141. The lowest BCUT2D eigenvalue weighted by Crippen LogP contribution is -2.10. The highest BCUT2D eigenvalue weighted by molar-refractivity contribution is 6.31. The average molecular weight is 252 g/mol. The number of halogens is 4. The van der Waals surface area contributed by atoms with E-state index in [-0.39, 0.29) is 10.6 Å². The highest BCUT2D eigenvalue weighted by Crippen LogP contribution is 2.32. The molecule has 88 valence electrons. The molecule has 0 radical (unpaired) electrons. The van der Waals surface area contributed by atoms with Gasteiger partial charge in [0.15, 0.2) is 0 Å². The van der Waals surface area contributed by atoms with Crippen LogP contribution in [0.2, 0.25) is 5.02 Å². The van der Waals surface area contributed by atoms with Gasteiger partial charge in [-0.1, -0.05) is 18.5 Å². The molecule has 0 aliphatic carbocycles. The Morgan fingerprint density at radius 3 is 2.62 bits per heavy atom. The van der Waals surface area contributed by atoms with E-state index in [1.54, 1.807) is 6.92 Å². The lowest BCUT2D eigenvalue weighted by atomic mass is 9.98. The zero-order valence-corrected chi connectivity index (χ0v) is 9.14. The molecule has 16 heavy (non-hydrogen) atoms. The van der Waals surface area contributed by atoms with Crippen molar-refractivity contribution in [3.05, 3.63) is 28.5 Å². The van der Waals surface area contributed by atoms with Crippen molar-refractivity contribution in [1.82, 2.24) is 4.98 Å². The van der Waals surface area contributed by atoms with Crippen LogP contribution >= 0.6 is 11.6 Å². The van der Waals surface area contributed by atoms with E-state index in [1.807, 2.05) is 0 Å². The van der Waals surface area contributed by atoms with E-state index in [2.05, 4.69) is 4.98 Å². The highest BCUT2D eigenvalue weighted by Gasteiger charge is 2.33. The van der Waals surface area contributed by atoms with Gasteiger partial charge in [-0.25, -0.2) is 0 Å². The first-order valence-corrected chi connectivity index (χ1v) is 4.95. The predicted octanol–water partition coefficient (Wildman–Crippen LogP) is 3.45. The van der Waals surface area contributed by atoms with Gasteiger partial charge >= 0.3 is 6.18 Å². The maximum atomic E-state index is 12.4. The van der Waals surface area contributed by atoms with Gasteiger partial charge in [0.1, 0.15) is 12.0 Å². The molecule has 1 aromatic rings. The Morgan fingerprint density at radius 2 is 2.19 bits per heavy atom. The minimum Gasteiger partial charge on any atom is -0.303 e. The quantitative estimate of drug-likeness (QED) is 0.770. The van der Waals surface area contributed by atoms with Gasteiger partial charge in [0.05, 0.1) is 5.02 Å². The number of carbonyl (C=O) groups excluding carboxylic acids is 1. The Labute approximate surface area is 95.4 Å². The summed E-state index contributed by atoms with van der Waals surface area (Å²) in [5.41, 5.74) is -0.867. The summed E-state index contributed by atoms with van der Waals surface area (Å²) in [5.74, 6) is -0.628. The molecule has 1 rings (SSSR count). The molecule has 1 aromatic heterocycles. The van der Waals surface area contributed by atoms with Crippen molar-refractivity contribution in [1.29, 1.82) is 0 Å². The summed E-state index contributed by atoms with van der Waals surface area (Å²) in [6.45, 7) is 1.70. The third kappa shape index (κ3) is 2.72. The van der Waals surface area contributed by atoms with Gasteiger partial charge < -0.3 is 4.79 Å². The van der Waals surface area contributed by atoms with E-state index in [4.69, 9.17) is 11.6 Å². The zero-order chi connectivity index (χ0) is 12.3. The first kappa shape index (κ1) is 13.0. The lowest BCUT2D eigenvalue weighted by Gasteiger charge is -2.12. The summed E-state index contributed by atoms with van der Waals surface area (Å²) in [4.78, 5) is 13.9. The predicted molar refractivity (Wildman–Crippen MR) is 53.3 cm³/mol. The fraction of sp³-hybridized carbons (Fsp3) is 0.400. The van der Waals surface area contributed by atoms with Crippen LogP contribution in [0.25, 0.3) is 0 Å². The summed E-state index contributed by atoms with van der Waals surface area (Å²) in [6, 6.07) is 0.824. The first-order chi connectivity index (χ1) is 7.40. The minimum atomic E-state index is -4.53. The van der Waals surface area contributed by atoms with Gasteiger partial charge in [0.25, 0.3) is 0 Å². The molecule has 1 unspecified atom stereocenters. The second kappa shape index (κ2) is 4.82. The van der Waals surface area contributed by atoms with Crippen LogP contribution in [0.5, 0.6) is 0 Å². The third-order valence-corrected chi connectivity index (χ3v) is 2.49. The Hall–Kier alpha value is -1.10. The summed E-state index contributed by atoms with van der Waals surface area (Å²) >= 11 is 5.71. The molecule has 0 aliphatic rings. The summed E-state index contributed by atoms with van der Waals surface area (Å²) in [5, 5.41) is 0.0759. The molecule has 6 heteroatoms. The molecule has 0 aliphatic heterocycles. The van der Waals surface area contributed by atoms with Crippen LogP contribution in [0.15, 0.2) is 12.3 Å². The molecule has 1 atom stereocenters. The van der Waals surface area contributed by atoms with E-state index in [1.165, 1.54) is 0 Å². The number of aromatic nitrogens is 1. The average Bonchev–Trinajstić information content (AvgIpc) is 2.20. The minimum absolute atomic E-state index is 0.0759. The molecule has 0 saturated heterocycles. The number of aldehydes is 1. The maximum absolute atomic E-state index is 12.4. The zero-order valence-electron chi connectivity index (χ0n) is 8.38. The monoisotopic (exact) mass is 251 g/mol. The number of rotatable bonds is 3. The Kier molecular flexibility index (Phi) is 3.91. The Bertz CT molecular complexity index is 392. The Balaban J connectivity index is 3.23.